The number of amides is 3. The molecule has 4 nitrogen and oxygen atoms in total. The number of urea groups is 1. The third-order valence-corrected chi connectivity index (χ3v) is 2.84. The van der Waals surface area contributed by atoms with Crippen LogP contribution in [0, 0.1) is 6.92 Å². The van der Waals surface area contributed by atoms with E-state index in [1.807, 2.05) is 49.4 Å². The molecule has 0 radical (unpaired) electrons. The van der Waals surface area contributed by atoms with Crippen LogP contribution >= 0.6 is 0 Å². The fraction of sp³-hybridized carbons (Fsp3) is 0.125. The van der Waals surface area contributed by atoms with Crippen LogP contribution in [0.5, 0.6) is 0 Å². The van der Waals surface area contributed by atoms with Crippen molar-refractivity contribution in [3.63, 3.8) is 0 Å². The van der Waals surface area contributed by atoms with Gasteiger partial charge in [-0.3, -0.25) is 10.1 Å². The molecular formula is C16H16N2O2. The minimum Gasteiger partial charge on any atom is -0.334 e. The summed E-state index contributed by atoms with van der Waals surface area (Å²) < 4.78 is 0. The van der Waals surface area contributed by atoms with Gasteiger partial charge in [0.15, 0.2) is 0 Å². The molecule has 0 spiro atoms. The number of aryl methyl sites for hydroxylation is 1. The maximum absolute atomic E-state index is 11.8. The van der Waals surface area contributed by atoms with Crippen LogP contribution in [0.3, 0.4) is 0 Å². The van der Waals surface area contributed by atoms with E-state index in [4.69, 9.17) is 0 Å². The topological polar surface area (TPSA) is 58.2 Å². The quantitative estimate of drug-likeness (QED) is 0.899. The summed E-state index contributed by atoms with van der Waals surface area (Å²) in [5.41, 5.74) is 2.51. The lowest BCUT2D eigenvalue weighted by molar-refractivity contribution is 0.0964. The molecule has 0 bridgehead atoms. The monoisotopic (exact) mass is 268 g/mol. The summed E-state index contributed by atoms with van der Waals surface area (Å²) >= 11 is 0. The van der Waals surface area contributed by atoms with Gasteiger partial charge in [-0.05, 0) is 24.6 Å². The molecule has 0 unspecified atom stereocenters. The molecule has 0 heterocycles. The van der Waals surface area contributed by atoms with Gasteiger partial charge in [-0.1, -0.05) is 48.0 Å². The van der Waals surface area contributed by atoms with Gasteiger partial charge in [-0.25, -0.2) is 4.79 Å². The zero-order chi connectivity index (χ0) is 14.4. The van der Waals surface area contributed by atoms with Crippen LogP contribution in [0.4, 0.5) is 4.79 Å². The van der Waals surface area contributed by atoms with E-state index < -0.39 is 11.9 Å². The van der Waals surface area contributed by atoms with Gasteiger partial charge < -0.3 is 5.32 Å². The Labute approximate surface area is 117 Å². The lowest BCUT2D eigenvalue weighted by Crippen LogP contribution is -2.39. The number of benzene rings is 2. The van der Waals surface area contributed by atoms with E-state index in [9.17, 15) is 9.59 Å². The van der Waals surface area contributed by atoms with Crippen molar-refractivity contribution in [1.82, 2.24) is 10.6 Å². The van der Waals surface area contributed by atoms with Gasteiger partial charge in [-0.15, -0.1) is 0 Å². The van der Waals surface area contributed by atoms with Crippen LogP contribution in [-0.4, -0.2) is 11.9 Å². The Bertz CT molecular complexity index is 592. The van der Waals surface area contributed by atoms with Crippen molar-refractivity contribution < 1.29 is 9.59 Å². The Hall–Kier alpha value is -2.62. The highest BCUT2D eigenvalue weighted by Gasteiger charge is 2.09. The van der Waals surface area contributed by atoms with Gasteiger partial charge in [0.1, 0.15) is 0 Å². The third kappa shape index (κ3) is 3.95. The number of hydrogen-bond donors (Lipinski definition) is 2. The highest BCUT2D eigenvalue weighted by Crippen LogP contribution is 2.02. The van der Waals surface area contributed by atoms with Crippen LogP contribution < -0.4 is 10.6 Å². The first-order valence-corrected chi connectivity index (χ1v) is 6.35. The molecule has 0 aromatic heterocycles. The van der Waals surface area contributed by atoms with E-state index in [0.29, 0.717) is 12.1 Å². The number of nitrogens with one attached hydrogen (secondary N) is 2. The van der Waals surface area contributed by atoms with E-state index in [1.165, 1.54) is 0 Å². The van der Waals surface area contributed by atoms with Crippen LogP contribution in [0.2, 0.25) is 0 Å². The van der Waals surface area contributed by atoms with Gasteiger partial charge in [0.2, 0.25) is 0 Å². The summed E-state index contributed by atoms with van der Waals surface area (Å²) in [5.74, 6) is -0.407. The number of carbonyl (C=O) groups excluding carboxylic acids is 2. The second kappa shape index (κ2) is 6.52. The summed E-state index contributed by atoms with van der Waals surface area (Å²) in [4.78, 5) is 23.4. The molecular weight excluding hydrogens is 252 g/mol. The second-order valence-electron chi connectivity index (χ2n) is 4.49. The molecule has 4 heteroatoms. The predicted octanol–water partition coefficient (Wildman–Crippen LogP) is 2.63. The van der Waals surface area contributed by atoms with Crippen molar-refractivity contribution in [1.29, 1.82) is 0 Å². The van der Waals surface area contributed by atoms with E-state index >= 15 is 0 Å². The minimum absolute atomic E-state index is 0.383. The fourth-order valence-corrected chi connectivity index (χ4v) is 1.70. The highest BCUT2D eigenvalue weighted by atomic mass is 16.2. The molecule has 0 aliphatic carbocycles. The predicted molar refractivity (Wildman–Crippen MR) is 77.3 cm³/mol. The van der Waals surface area contributed by atoms with Crippen molar-refractivity contribution in [2.24, 2.45) is 0 Å². The highest BCUT2D eigenvalue weighted by molar-refractivity contribution is 6.04. The first-order valence-electron chi connectivity index (χ1n) is 6.35. The zero-order valence-electron chi connectivity index (χ0n) is 11.2. The van der Waals surface area contributed by atoms with Gasteiger partial charge in [-0.2, -0.15) is 0 Å². The van der Waals surface area contributed by atoms with Crippen LogP contribution in [0.15, 0.2) is 54.6 Å². The largest absolute Gasteiger partial charge is 0.334 e. The molecule has 20 heavy (non-hydrogen) atoms. The Morgan fingerprint density at radius 1 is 0.950 bits per heavy atom. The molecule has 2 N–H and O–H groups in total. The van der Waals surface area contributed by atoms with Crippen LogP contribution in [0.25, 0.3) is 0 Å². The van der Waals surface area contributed by atoms with Gasteiger partial charge in [0.05, 0.1) is 0 Å². The number of imide groups is 1. The Morgan fingerprint density at radius 2 is 1.60 bits per heavy atom. The smallest absolute Gasteiger partial charge is 0.321 e. The van der Waals surface area contributed by atoms with E-state index in [2.05, 4.69) is 10.6 Å². The summed E-state index contributed by atoms with van der Waals surface area (Å²) in [6, 6.07) is 16.0. The van der Waals surface area contributed by atoms with E-state index in [0.717, 1.165) is 11.1 Å². The van der Waals surface area contributed by atoms with Crippen molar-refractivity contribution in [2.75, 3.05) is 0 Å². The number of carbonyl (C=O) groups is 2. The van der Waals surface area contributed by atoms with Crippen molar-refractivity contribution in [3.05, 3.63) is 71.3 Å². The van der Waals surface area contributed by atoms with Crippen LogP contribution in [0.1, 0.15) is 21.5 Å². The minimum atomic E-state index is -0.501. The summed E-state index contributed by atoms with van der Waals surface area (Å²) in [7, 11) is 0. The van der Waals surface area contributed by atoms with Crippen molar-refractivity contribution in [2.45, 2.75) is 13.5 Å². The zero-order valence-corrected chi connectivity index (χ0v) is 11.2. The number of hydrogen-bond acceptors (Lipinski definition) is 2. The molecule has 3 amide bonds. The Kier molecular flexibility index (Phi) is 4.50. The SMILES string of the molecule is Cc1ccc(C(=O)NC(=O)NCc2ccccc2)cc1. The lowest BCUT2D eigenvalue weighted by Gasteiger charge is -2.07. The average molecular weight is 268 g/mol. The van der Waals surface area contributed by atoms with Crippen molar-refractivity contribution >= 4 is 11.9 Å². The molecule has 0 aliphatic heterocycles. The third-order valence-electron chi connectivity index (χ3n) is 2.84. The molecule has 102 valence electrons. The molecule has 0 atom stereocenters. The lowest BCUT2D eigenvalue weighted by atomic mass is 10.1. The fourth-order valence-electron chi connectivity index (χ4n) is 1.70. The maximum atomic E-state index is 11.8. The average Bonchev–Trinajstić information content (AvgIpc) is 2.47. The molecule has 0 aliphatic rings. The molecule has 2 aromatic rings. The van der Waals surface area contributed by atoms with Crippen LogP contribution in [-0.2, 0) is 6.54 Å². The Morgan fingerprint density at radius 3 is 2.25 bits per heavy atom. The van der Waals surface area contributed by atoms with E-state index in [1.54, 1.807) is 12.1 Å². The second-order valence-corrected chi connectivity index (χ2v) is 4.49. The molecule has 0 saturated heterocycles. The summed E-state index contributed by atoms with van der Waals surface area (Å²) in [5, 5.41) is 4.94. The standard InChI is InChI=1S/C16H16N2O2/c1-12-7-9-14(10-8-12)15(19)18-16(20)17-11-13-5-3-2-4-6-13/h2-10H,11H2,1H3,(H2,17,18,19,20). The Balaban J connectivity index is 1.85. The van der Waals surface area contributed by atoms with E-state index in [-0.39, 0.29) is 0 Å². The maximum Gasteiger partial charge on any atom is 0.321 e. The number of rotatable bonds is 3. The summed E-state index contributed by atoms with van der Waals surface area (Å²) in [6.45, 7) is 2.32. The molecule has 2 rings (SSSR count). The van der Waals surface area contributed by atoms with Gasteiger partial charge >= 0.3 is 6.03 Å². The first kappa shape index (κ1) is 13.8. The summed E-state index contributed by atoms with van der Waals surface area (Å²) in [6.07, 6.45) is 0. The normalized spacial score (nSPS) is 9.85. The molecule has 0 saturated carbocycles. The molecule has 0 fully saturated rings. The first-order chi connectivity index (χ1) is 9.65. The van der Waals surface area contributed by atoms with Gasteiger partial charge in [0, 0.05) is 12.1 Å². The van der Waals surface area contributed by atoms with Gasteiger partial charge in [0.25, 0.3) is 5.91 Å². The molecule has 2 aromatic carbocycles. The van der Waals surface area contributed by atoms with Crippen molar-refractivity contribution in [3.8, 4) is 0 Å².